The molecule has 0 saturated carbocycles. The molecule has 3 N–H and O–H groups in total. The highest BCUT2D eigenvalue weighted by Crippen LogP contribution is 2.27. The number of halogens is 3. The lowest BCUT2D eigenvalue weighted by Crippen LogP contribution is -2.30. The standard InChI is InChI=1S/C12H11Br2FN2S/c13-7-1-2-10(11(15)4-7)12(17-16)5-9-3-8(14)6-18-9/h1-4,6,12,17H,5,16H2. The second-order valence-corrected chi connectivity index (χ2v) is 6.65. The third-order valence-electron chi connectivity index (χ3n) is 2.57. The highest BCUT2D eigenvalue weighted by Gasteiger charge is 2.16. The van der Waals surface area contributed by atoms with E-state index in [0.29, 0.717) is 12.0 Å². The molecule has 2 nitrogen and oxygen atoms in total. The van der Waals surface area contributed by atoms with Crippen molar-refractivity contribution < 1.29 is 4.39 Å². The van der Waals surface area contributed by atoms with Gasteiger partial charge in [-0.3, -0.25) is 11.3 Å². The van der Waals surface area contributed by atoms with E-state index in [4.69, 9.17) is 5.84 Å². The van der Waals surface area contributed by atoms with Crippen LogP contribution in [0.25, 0.3) is 0 Å². The number of hydrogen-bond donors (Lipinski definition) is 2. The molecule has 1 aromatic heterocycles. The Labute approximate surface area is 126 Å². The molecule has 6 heteroatoms. The first-order chi connectivity index (χ1) is 8.60. The van der Waals surface area contributed by atoms with Crippen molar-refractivity contribution in [2.45, 2.75) is 12.5 Å². The Hall–Kier alpha value is -0.270. The van der Waals surface area contributed by atoms with Crippen molar-refractivity contribution in [1.29, 1.82) is 0 Å². The third-order valence-corrected chi connectivity index (χ3v) is 4.78. The van der Waals surface area contributed by atoms with Gasteiger partial charge < -0.3 is 0 Å². The fourth-order valence-corrected chi connectivity index (χ4v) is 3.54. The number of nitrogens with two attached hydrogens (primary N) is 1. The molecule has 1 aromatic carbocycles. The normalized spacial score (nSPS) is 12.7. The Morgan fingerprint density at radius 2 is 2.06 bits per heavy atom. The van der Waals surface area contributed by atoms with Crippen LogP contribution in [0.4, 0.5) is 4.39 Å². The van der Waals surface area contributed by atoms with E-state index in [-0.39, 0.29) is 11.9 Å². The van der Waals surface area contributed by atoms with Crippen LogP contribution in [0.2, 0.25) is 0 Å². The molecule has 18 heavy (non-hydrogen) atoms. The molecule has 1 heterocycles. The summed E-state index contributed by atoms with van der Waals surface area (Å²) in [4.78, 5) is 1.15. The van der Waals surface area contributed by atoms with E-state index in [9.17, 15) is 4.39 Å². The Morgan fingerprint density at radius 3 is 2.61 bits per heavy atom. The van der Waals surface area contributed by atoms with E-state index in [2.05, 4.69) is 37.3 Å². The van der Waals surface area contributed by atoms with E-state index in [1.807, 2.05) is 17.5 Å². The van der Waals surface area contributed by atoms with Gasteiger partial charge in [-0.2, -0.15) is 0 Å². The van der Waals surface area contributed by atoms with E-state index >= 15 is 0 Å². The summed E-state index contributed by atoms with van der Waals surface area (Å²) in [6.45, 7) is 0. The molecule has 0 aliphatic heterocycles. The van der Waals surface area contributed by atoms with Gasteiger partial charge in [-0.05, 0) is 34.1 Å². The van der Waals surface area contributed by atoms with Crippen LogP contribution in [0.1, 0.15) is 16.5 Å². The van der Waals surface area contributed by atoms with E-state index in [1.54, 1.807) is 17.4 Å². The molecular formula is C12H11Br2FN2S. The van der Waals surface area contributed by atoms with Gasteiger partial charge in [-0.15, -0.1) is 11.3 Å². The van der Waals surface area contributed by atoms with Gasteiger partial charge in [0.25, 0.3) is 0 Å². The lowest BCUT2D eigenvalue weighted by molar-refractivity contribution is 0.512. The second-order valence-electron chi connectivity index (χ2n) is 3.82. The Kier molecular flexibility index (Phi) is 4.91. The van der Waals surface area contributed by atoms with Gasteiger partial charge in [-0.1, -0.05) is 22.0 Å². The van der Waals surface area contributed by atoms with Gasteiger partial charge in [0.1, 0.15) is 5.82 Å². The molecule has 2 rings (SSSR count). The van der Waals surface area contributed by atoms with Crippen LogP contribution in [0.15, 0.2) is 38.6 Å². The smallest absolute Gasteiger partial charge is 0.129 e. The van der Waals surface area contributed by atoms with Crippen LogP contribution in [-0.4, -0.2) is 0 Å². The molecule has 0 amide bonds. The predicted octanol–water partition coefficient (Wildman–Crippen LogP) is 4.16. The SMILES string of the molecule is NNC(Cc1cc(Br)cs1)c1ccc(Br)cc1F. The first-order valence-corrected chi connectivity index (χ1v) is 7.70. The zero-order chi connectivity index (χ0) is 13.1. The van der Waals surface area contributed by atoms with Crippen molar-refractivity contribution in [2.75, 3.05) is 0 Å². The maximum atomic E-state index is 13.9. The second kappa shape index (κ2) is 6.25. The first kappa shape index (κ1) is 14.1. The highest BCUT2D eigenvalue weighted by atomic mass is 79.9. The van der Waals surface area contributed by atoms with Gasteiger partial charge in [0.05, 0.1) is 6.04 Å². The third kappa shape index (κ3) is 3.39. The van der Waals surface area contributed by atoms with Gasteiger partial charge >= 0.3 is 0 Å². The molecule has 96 valence electrons. The lowest BCUT2D eigenvalue weighted by Gasteiger charge is -2.16. The molecule has 1 atom stereocenters. The van der Waals surface area contributed by atoms with Crippen LogP contribution >= 0.6 is 43.2 Å². The Balaban J connectivity index is 2.22. The fraction of sp³-hybridized carbons (Fsp3) is 0.167. The first-order valence-electron chi connectivity index (χ1n) is 5.24. The number of hydrazine groups is 1. The molecule has 0 aliphatic carbocycles. The van der Waals surface area contributed by atoms with Crippen molar-refractivity contribution >= 4 is 43.2 Å². The summed E-state index contributed by atoms with van der Waals surface area (Å²) < 4.78 is 15.6. The van der Waals surface area contributed by atoms with E-state index in [0.717, 1.165) is 13.8 Å². The number of benzene rings is 1. The molecule has 0 radical (unpaired) electrons. The maximum absolute atomic E-state index is 13.9. The topological polar surface area (TPSA) is 38.0 Å². The number of nitrogens with one attached hydrogen (secondary N) is 1. The van der Waals surface area contributed by atoms with E-state index < -0.39 is 0 Å². The quantitative estimate of drug-likeness (QED) is 0.604. The predicted molar refractivity (Wildman–Crippen MR) is 79.9 cm³/mol. The average Bonchev–Trinajstić information content (AvgIpc) is 2.72. The lowest BCUT2D eigenvalue weighted by atomic mass is 10.0. The van der Waals surface area contributed by atoms with Crippen molar-refractivity contribution in [1.82, 2.24) is 5.43 Å². The molecule has 0 aliphatic rings. The van der Waals surface area contributed by atoms with Gasteiger partial charge in [0.2, 0.25) is 0 Å². The summed E-state index contributed by atoms with van der Waals surface area (Å²) in [6, 6.07) is 6.79. The average molecular weight is 394 g/mol. The minimum atomic E-state index is -0.261. The van der Waals surface area contributed by atoms with Gasteiger partial charge in [0, 0.05) is 31.2 Å². The highest BCUT2D eigenvalue weighted by molar-refractivity contribution is 9.10. The van der Waals surface area contributed by atoms with Crippen LogP contribution < -0.4 is 11.3 Å². The number of hydrogen-bond acceptors (Lipinski definition) is 3. The van der Waals surface area contributed by atoms with Crippen molar-refractivity contribution in [2.24, 2.45) is 5.84 Å². The summed E-state index contributed by atoms with van der Waals surface area (Å²) >= 11 is 8.27. The molecule has 0 bridgehead atoms. The summed E-state index contributed by atoms with van der Waals surface area (Å²) in [5, 5.41) is 2.00. The molecule has 0 fully saturated rings. The van der Waals surface area contributed by atoms with Crippen molar-refractivity contribution in [3.8, 4) is 0 Å². The largest absolute Gasteiger partial charge is 0.271 e. The zero-order valence-electron chi connectivity index (χ0n) is 9.29. The minimum Gasteiger partial charge on any atom is -0.271 e. The molecular weight excluding hydrogens is 383 g/mol. The van der Waals surface area contributed by atoms with Crippen molar-refractivity contribution in [3.63, 3.8) is 0 Å². The summed E-state index contributed by atoms with van der Waals surface area (Å²) in [5.41, 5.74) is 3.25. The van der Waals surface area contributed by atoms with E-state index in [1.165, 1.54) is 6.07 Å². The fourth-order valence-electron chi connectivity index (χ4n) is 1.70. The van der Waals surface area contributed by atoms with Crippen LogP contribution in [0.3, 0.4) is 0 Å². The zero-order valence-corrected chi connectivity index (χ0v) is 13.3. The van der Waals surface area contributed by atoms with Crippen LogP contribution in [-0.2, 0) is 6.42 Å². The molecule has 0 spiro atoms. The monoisotopic (exact) mass is 392 g/mol. The summed E-state index contributed by atoms with van der Waals surface area (Å²) in [6.07, 6.45) is 0.658. The Morgan fingerprint density at radius 1 is 1.28 bits per heavy atom. The molecule has 1 unspecified atom stereocenters. The maximum Gasteiger partial charge on any atom is 0.129 e. The summed E-state index contributed by atoms with van der Waals surface area (Å²) in [5.74, 6) is 5.27. The van der Waals surface area contributed by atoms with Crippen molar-refractivity contribution in [3.05, 3.63) is 54.8 Å². The van der Waals surface area contributed by atoms with Gasteiger partial charge in [-0.25, -0.2) is 4.39 Å². The number of thiophene rings is 1. The Bertz CT molecular complexity index is 545. The number of rotatable bonds is 4. The molecule has 2 aromatic rings. The summed E-state index contributed by atoms with van der Waals surface area (Å²) in [7, 11) is 0. The minimum absolute atomic E-state index is 0.233. The van der Waals surface area contributed by atoms with Crippen LogP contribution in [0.5, 0.6) is 0 Å². The molecule has 0 saturated heterocycles. The van der Waals surface area contributed by atoms with Crippen LogP contribution in [0, 0.1) is 5.82 Å². The van der Waals surface area contributed by atoms with Gasteiger partial charge in [0.15, 0.2) is 0 Å².